The molecule has 0 amide bonds. The molecule has 0 spiro atoms. The Morgan fingerprint density at radius 1 is 1.11 bits per heavy atom. The molecular weight excluding hydrogens is 466 g/mol. The summed E-state index contributed by atoms with van der Waals surface area (Å²) in [4.78, 5) is 17.8. The van der Waals surface area contributed by atoms with Crippen molar-refractivity contribution in [2.45, 2.75) is 25.4 Å². The van der Waals surface area contributed by atoms with Crippen LogP contribution in [-0.2, 0) is 4.74 Å². The number of anilines is 3. The van der Waals surface area contributed by atoms with E-state index in [1.165, 1.54) is 0 Å². The summed E-state index contributed by atoms with van der Waals surface area (Å²) in [6.45, 7) is 1.79. The molecule has 2 aliphatic rings. The summed E-state index contributed by atoms with van der Waals surface area (Å²) in [6, 6.07) is 12.1. The second-order valence-corrected chi connectivity index (χ2v) is 9.44. The van der Waals surface area contributed by atoms with Gasteiger partial charge in [0, 0.05) is 58.3 Å². The molecule has 1 fully saturated rings. The zero-order chi connectivity index (χ0) is 25.8. The highest BCUT2D eigenvalue weighted by atomic mass is 16.5. The first kappa shape index (κ1) is 24.5. The van der Waals surface area contributed by atoms with Gasteiger partial charge in [0.2, 0.25) is 11.9 Å². The number of methoxy groups -OCH3 is 1. The molecule has 1 aliphatic carbocycles. The molecule has 0 bridgehead atoms. The highest BCUT2D eigenvalue weighted by molar-refractivity contribution is 5.74. The van der Waals surface area contributed by atoms with Crippen LogP contribution in [-0.4, -0.2) is 70.0 Å². The van der Waals surface area contributed by atoms with Gasteiger partial charge in [-0.1, -0.05) is 6.08 Å². The molecule has 1 saturated heterocycles. The Labute approximate surface area is 216 Å². The Morgan fingerprint density at radius 3 is 2.59 bits per heavy atom. The fourth-order valence-corrected chi connectivity index (χ4v) is 4.56. The predicted octanol–water partition coefficient (Wildman–Crippen LogP) is 3.79. The third kappa shape index (κ3) is 5.62. The van der Waals surface area contributed by atoms with Gasteiger partial charge in [-0.25, -0.2) is 14.6 Å². The van der Waals surface area contributed by atoms with Crippen LogP contribution in [0, 0.1) is 17.2 Å². The number of nitriles is 1. The zero-order valence-corrected chi connectivity index (χ0v) is 21.4. The Bertz CT molecular complexity index is 1330. The summed E-state index contributed by atoms with van der Waals surface area (Å²) in [5.41, 5.74) is 4.58. The van der Waals surface area contributed by atoms with Gasteiger partial charge in [0.05, 0.1) is 29.5 Å². The van der Waals surface area contributed by atoms with E-state index in [0.717, 1.165) is 60.2 Å². The Balaban J connectivity index is 1.27. The molecule has 1 aromatic carbocycles. The molecule has 37 heavy (non-hydrogen) atoms. The summed E-state index contributed by atoms with van der Waals surface area (Å²) in [5, 5.41) is 17.4. The van der Waals surface area contributed by atoms with Crippen LogP contribution in [0.5, 0.6) is 0 Å². The first-order valence-corrected chi connectivity index (χ1v) is 12.4. The average molecular weight is 498 g/mol. The number of ether oxygens (including phenoxy) is 1. The smallest absolute Gasteiger partial charge is 0.245 e. The van der Waals surface area contributed by atoms with Crippen LogP contribution in [0.1, 0.15) is 25.0 Å². The third-order valence-corrected chi connectivity index (χ3v) is 6.75. The zero-order valence-electron chi connectivity index (χ0n) is 21.4. The SMILES string of the molecule is COC1CCN(c2ncn(-c3ccc(Nc4nccc(C5=CC(C#N)CC(N(C)C)=C5)n4)cc3)n2)CC1. The van der Waals surface area contributed by atoms with E-state index in [1.807, 2.05) is 55.4 Å². The highest BCUT2D eigenvalue weighted by Gasteiger charge is 2.21. The molecule has 1 N–H and O–H groups in total. The van der Waals surface area contributed by atoms with E-state index in [9.17, 15) is 5.26 Å². The lowest BCUT2D eigenvalue weighted by Gasteiger charge is -2.30. The van der Waals surface area contributed by atoms with Crippen molar-refractivity contribution in [1.82, 2.24) is 29.6 Å². The standard InChI is InChI=1S/C27H31N9O/c1-34(2)23-15-19(17-28)14-20(16-23)25-8-11-29-26(32-25)31-21-4-6-22(7-5-21)36-18-30-27(33-36)35-12-9-24(37-3)10-13-35/h4-8,11,14,16,18-19,24H,9-10,12-13,15H2,1-3H3,(H,29,31,32). The number of rotatable bonds is 7. The summed E-state index contributed by atoms with van der Waals surface area (Å²) < 4.78 is 7.24. The molecule has 0 radical (unpaired) electrons. The maximum absolute atomic E-state index is 9.49. The van der Waals surface area contributed by atoms with Gasteiger partial charge in [-0.05, 0) is 54.8 Å². The maximum Gasteiger partial charge on any atom is 0.245 e. The fourth-order valence-electron chi connectivity index (χ4n) is 4.56. The maximum atomic E-state index is 9.49. The van der Waals surface area contributed by atoms with Crippen molar-refractivity contribution in [3.05, 3.63) is 66.4 Å². The number of aromatic nitrogens is 5. The van der Waals surface area contributed by atoms with Crippen molar-refractivity contribution < 1.29 is 4.74 Å². The lowest BCUT2D eigenvalue weighted by atomic mass is 9.93. The van der Waals surface area contributed by atoms with Crippen molar-refractivity contribution in [2.75, 3.05) is 44.5 Å². The second-order valence-electron chi connectivity index (χ2n) is 9.44. The summed E-state index contributed by atoms with van der Waals surface area (Å²) in [7, 11) is 5.75. The molecule has 2 aromatic heterocycles. The number of piperidine rings is 1. The molecule has 0 saturated carbocycles. The second kappa shape index (κ2) is 10.8. The van der Waals surface area contributed by atoms with Gasteiger partial charge < -0.3 is 19.9 Å². The summed E-state index contributed by atoms with van der Waals surface area (Å²) in [6.07, 6.45) is 10.5. The number of benzene rings is 1. The Morgan fingerprint density at radius 2 is 1.89 bits per heavy atom. The van der Waals surface area contributed by atoms with Crippen LogP contribution in [0.15, 0.2) is 60.7 Å². The third-order valence-electron chi connectivity index (χ3n) is 6.75. The van der Waals surface area contributed by atoms with Gasteiger partial charge in [0.25, 0.3) is 0 Å². The Kier molecular flexibility index (Phi) is 7.14. The van der Waals surface area contributed by atoms with E-state index in [4.69, 9.17) is 9.72 Å². The van der Waals surface area contributed by atoms with Gasteiger partial charge in [-0.15, -0.1) is 5.10 Å². The van der Waals surface area contributed by atoms with Crippen LogP contribution >= 0.6 is 0 Å². The molecule has 1 aliphatic heterocycles. The van der Waals surface area contributed by atoms with Crippen molar-refractivity contribution in [3.8, 4) is 11.8 Å². The minimum absolute atomic E-state index is 0.175. The lowest BCUT2D eigenvalue weighted by molar-refractivity contribution is 0.0816. The predicted molar refractivity (Wildman–Crippen MR) is 142 cm³/mol. The van der Waals surface area contributed by atoms with Crippen molar-refractivity contribution in [3.63, 3.8) is 0 Å². The van der Waals surface area contributed by atoms with Gasteiger partial charge in [-0.3, -0.25) is 0 Å². The highest BCUT2D eigenvalue weighted by Crippen LogP contribution is 2.29. The molecular formula is C27H31N9O. The molecule has 3 heterocycles. The Hall–Kier alpha value is -4.23. The number of nitrogens with zero attached hydrogens (tertiary/aromatic N) is 8. The molecule has 10 heteroatoms. The van der Waals surface area contributed by atoms with Crippen molar-refractivity contribution >= 4 is 23.2 Å². The normalized spacial score (nSPS) is 18.1. The van der Waals surface area contributed by atoms with E-state index < -0.39 is 0 Å². The van der Waals surface area contributed by atoms with Gasteiger partial charge in [-0.2, -0.15) is 10.2 Å². The molecule has 3 aromatic rings. The van der Waals surface area contributed by atoms with Crippen molar-refractivity contribution in [1.29, 1.82) is 5.26 Å². The number of hydrogen-bond donors (Lipinski definition) is 1. The first-order chi connectivity index (χ1) is 18.0. The minimum atomic E-state index is -0.175. The topological polar surface area (TPSA) is 108 Å². The van der Waals surface area contributed by atoms with E-state index in [-0.39, 0.29) is 5.92 Å². The molecule has 190 valence electrons. The van der Waals surface area contributed by atoms with Gasteiger partial charge in [0.15, 0.2) is 0 Å². The summed E-state index contributed by atoms with van der Waals surface area (Å²) >= 11 is 0. The van der Waals surface area contributed by atoms with Gasteiger partial charge in [0.1, 0.15) is 6.33 Å². The van der Waals surface area contributed by atoms with Crippen LogP contribution in [0.25, 0.3) is 11.3 Å². The van der Waals surface area contributed by atoms with E-state index in [0.29, 0.717) is 18.5 Å². The molecule has 1 atom stereocenters. The van der Waals surface area contributed by atoms with E-state index >= 15 is 0 Å². The monoisotopic (exact) mass is 497 g/mol. The van der Waals surface area contributed by atoms with E-state index in [1.54, 1.807) is 24.3 Å². The van der Waals surface area contributed by atoms with Crippen LogP contribution in [0.3, 0.4) is 0 Å². The average Bonchev–Trinajstić information content (AvgIpc) is 3.44. The first-order valence-electron chi connectivity index (χ1n) is 12.4. The lowest BCUT2D eigenvalue weighted by Crippen LogP contribution is -2.37. The van der Waals surface area contributed by atoms with Crippen molar-refractivity contribution in [2.24, 2.45) is 5.92 Å². The van der Waals surface area contributed by atoms with Crippen LogP contribution in [0.2, 0.25) is 0 Å². The number of allylic oxidation sites excluding steroid dienone is 4. The molecule has 1 unspecified atom stereocenters. The number of nitrogens with one attached hydrogen (secondary N) is 1. The molecule has 10 nitrogen and oxygen atoms in total. The fraction of sp³-hybridized carbons (Fsp3) is 0.370. The quantitative estimate of drug-likeness (QED) is 0.521. The van der Waals surface area contributed by atoms with Gasteiger partial charge >= 0.3 is 0 Å². The van der Waals surface area contributed by atoms with E-state index in [2.05, 4.69) is 37.4 Å². The number of hydrogen-bond acceptors (Lipinski definition) is 9. The van der Waals surface area contributed by atoms with Crippen LogP contribution in [0.4, 0.5) is 17.6 Å². The summed E-state index contributed by atoms with van der Waals surface area (Å²) in [5.74, 6) is 1.06. The van der Waals surface area contributed by atoms with Crippen LogP contribution < -0.4 is 10.2 Å². The minimum Gasteiger partial charge on any atom is -0.381 e. The molecule has 5 rings (SSSR count). The largest absolute Gasteiger partial charge is 0.381 e.